The molecule has 4 nitrogen and oxygen atoms in total. The maximum Gasteiger partial charge on any atom is 0.307 e. The number of aliphatic carboxylic acids is 1. The van der Waals surface area contributed by atoms with Gasteiger partial charge in [0, 0.05) is 0 Å². The Kier molecular flexibility index (Phi) is 6.08. The number of hydrogen-bond acceptors (Lipinski definition) is 3. The summed E-state index contributed by atoms with van der Waals surface area (Å²) in [5.74, 6) is -0.831. The normalized spacial score (nSPS) is 11.5. The van der Waals surface area contributed by atoms with E-state index < -0.39 is 5.97 Å². The molecule has 0 spiro atoms. The van der Waals surface area contributed by atoms with Crippen LogP contribution in [0.1, 0.15) is 23.6 Å². The summed E-state index contributed by atoms with van der Waals surface area (Å²) in [4.78, 5) is 16.5. The minimum Gasteiger partial charge on any atom is -0.481 e. The third kappa shape index (κ3) is 5.17. The molecule has 1 N–H and O–H groups in total. The SMILES string of the molecule is CC(=NOCc1ccc2ccccc2c1)c1ccc(-c2cccc(CC(=O)O)c2)cc1. The van der Waals surface area contributed by atoms with Gasteiger partial charge in [-0.2, -0.15) is 0 Å². The van der Waals surface area contributed by atoms with Gasteiger partial charge >= 0.3 is 5.97 Å². The molecule has 31 heavy (non-hydrogen) atoms. The number of nitrogens with zero attached hydrogens (tertiary/aromatic N) is 1. The Morgan fingerprint density at radius 1 is 0.806 bits per heavy atom. The summed E-state index contributed by atoms with van der Waals surface area (Å²) in [6.45, 7) is 2.33. The molecule has 0 fully saturated rings. The molecule has 0 aliphatic carbocycles. The lowest BCUT2D eigenvalue weighted by Gasteiger charge is -2.07. The van der Waals surface area contributed by atoms with Crippen molar-refractivity contribution in [1.82, 2.24) is 0 Å². The fraction of sp³-hybridized carbons (Fsp3) is 0.111. The van der Waals surface area contributed by atoms with Gasteiger partial charge in [0.2, 0.25) is 0 Å². The smallest absolute Gasteiger partial charge is 0.307 e. The highest BCUT2D eigenvalue weighted by molar-refractivity contribution is 5.98. The van der Waals surface area contributed by atoms with Crippen LogP contribution in [0, 0.1) is 0 Å². The monoisotopic (exact) mass is 409 g/mol. The molecule has 154 valence electrons. The van der Waals surface area contributed by atoms with Crippen molar-refractivity contribution < 1.29 is 14.7 Å². The summed E-state index contributed by atoms with van der Waals surface area (Å²) in [6, 6.07) is 30.1. The number of hydrogen-bond donors (Lipinski definition) is 1. The van der Waals surface area contributed by atoms with Crippen LogP contribution in [0.25, 0.3) is 21.9 Å². The second kappa shape index (κ2) is 9.26. The van der Waals surface area contributed by atoms with Crippen LogP contribution in [0.2, 0.25) is 0 Å². The molecule has 4 aromatic rings. The highest BCUT2D eigenvalue weighted by Gasteiger charge is 2.05. The van der Waals surface area contributed by atoms with Crippen molar-refractivity contribution >= 4 is 22.5 Å². The molecule has 4 rings (SSSR count). The molecule has 0 aromatic heterocycles. The van der Waals surface area contributed by atoms with Gasteiger partial charge in [-0.15, -0.1) is 0 Å². The Bertz CT molecular complexity index is 1240. The van der Waals surface area contributed by atoms with E-state index in [9.17, 15) is 4.79 Å². The number of carboxylic acid groups (broad SMARTS) is 1. The first-order valence-electron chi connectivity index (χ1n) is 10.1. The molecule has 0 saturated carbocycles. The van der Waals surface area contributed by atoms with Gasteiger partial charge in [-0.25, -0.2) is 0 Å². The van der Waals surface area contributed by atoms with Gasteiger partial charge in [-0.3, -0.25) is 4.79 Å². The highest BCUT2D eigenvalue weighted by atomic mass is 16.6. The summed E-state index contributed by atoms with van der Waals surface area (Å²) in [5, 5.41) is 15.7. The van der Waals surface area contributed by atoms with E-state index in [4.69, 9.17) is 9.94 Å². The molecular formula is C27H23NO3. The summed E-state index contributed by atoms with van der Waals surface area (Å²) in [6.07, 6.45) is 0.0201. The number of oxime groups is 1. The first kappa shape index (κ1) is 20.4. The van der Waals surface area contributed by atoms with Crippen molar-refractivity contribution in [3.63, 3.8) is 0 Å². The minimum atomic E-state index is -0.831. The standard InChI is InChI=1S/C27H23NO3/c1-19(28-31-18-21-9-10-23-6-2-3-7-25(23)16-21)22-11-13-24(14-12-22)26-8-4-5-20(15-26)17-27(29)30/h2-16H,17-18H2,1H3,(H,29,30). The summed E-state index contributed by atoms with van der Waals surface area (Å²) in [5.41, 5.74) is 5.66. The first-order chi connectivity index (χ1) is 15.1. The summed E-state index contributed by atoms with van der Waals surface area (Å²) < 4.78 is 0. The Hall–Kier alpha value is -3.92. The molecule has 0 aliphatic rings. The van der Waals surface area contributed by atoms with Crippen molar-refractivity contribution in [2.75, 3.05) is 0 Å². The van der Waals surface area contributed by atoms with E-state index in [1.54, 1.807) is 0 Å². The van der Waals surface area contributed by atoms with Gasteiger partial charge in [-0.1, -0.05) is 90.1 Å². The van der Waals surface area contributed by atoms with E-state index in [0.29, 0.717) is 6.61 Å². The Labute approximate surface area is 181 Å². The number of carboxylic acids is 1. The van der Waals surface area contributed by atoms with Crippen molar-refractivity contribution in [1.29, 1.82) is 0 Å². The van der Waals surface area contributed by atoms with Crippen molar-refractivity contribution in [3.05, 3.63) is 108 Å². The van der Waals surface area contributed by atoms with Gasteiger partial charge in [0.15, 0.2) is 0 Å². The first-order valence-corrected chi connectivity index (χ1v) is 10.1. The lowest BCUT2D eigenvalue weighted by atomic mass is 10.00. The molecule has 0 radical (unpaired) electrons. The third-order valence-electron chi connectivity index (χ3n) is 5.16. The molecule has 0 amide bonds. The van der Waals surface area contributed by atoms with Gasteiger partial charge < -0.3 is 9.94 Å². The Morgan fingerprint density at radius 2 is 1.58 bits per heavy atom. The summed E-state index contributed by atoms with van der Waals surface area (Å²) in [7, 11) is 0. The van der Waals surface area contributed by atoms with E-state index in [-0.39, 0.29) is 6.42 Å². The predicted octanol–water partition coefficient (Wildman–Crippen LogP) is 6.07. The van der Waals surface area contributed by atoms with Gasteiger partial charge in [-0.05, 0) is 51.6 Å². The van der Waals surface area contributed by atoms with Crippen LogP contribution in [0.4, 0.5) is 0 Å². The van der Waals surface area contributed by atoms with E-state index >= 15 is 0 Å². The van der Waals surface area contributed by atoms with Gasteiger partial charge in [0.25, 0.3) is 0 Å². The molecule has 0 heterocycles. The lowest BCUT2D eigenvalue weighted by Crippen LogP contribution is -2.00. The van der Waals surface area contributed by atoms with Crippen LogP contribution >= 0.6 is 0 Å². The van der Waals surface area contributed by atoms with Crippen molar-refractivity contribution in [2.24, 2.45) is 5.16 Å². The number of benzene rings is 4. The van der Waals surface area contributed by atoms with E-state index in [1.165, 1.54) is 10.8 Å². The van der Waals surface area contributed by atoms with Gasteiger partial charge in [0.05, 0.1) is 12.1 Å². The molecular weight excluding hydrogens is 386 g/mol. The minimum absolute atomic E-state index is 0.0201. The zero-order valence-corrected chi connectivity index (χ0v) is 17.3. The quantitative estimate of drug-likeness (QED) is 0.297. The fourth-order valence-electron chi connectivity index (χ4n) is 3.52. The average molecular weight is 409 g/mol. The maximum absolute atomic E-state index is 10.9. The van der Waals surface area contributed by atoms with E-state index in [2.05, 4.69) is 35.5 Å². The highest BCUT2D eigenvalue weighted by Crippen LogP contribution is 2.22. The second-order valence-corrected chi connectivity index (χ2v) is 7.48. The molecule has 0 saturated heterocycles. The molecule has 0 bridgehead atoms. The predicted molar refractivity (Wildman–Crippen MR) is 124 cm³/mol. The van der Waals surface area contributed by atoms with Crippen LogP contribution in [0.5, 0.6) is 0 Å². The van der Waals surface area contributed by atoms with Crippen LogP contribution in [-0.4, -0.2) is 16.8 Å². The lowest BCUT2D eigenvalue weighted by molar-refractivity contribution is -0.136. The van der Waals surface area contributed by atoms with Crippen molar-refractivity contribution in [3.8, 4) is 11.1 Å². The molecule has 0 atom stereocenters. The van der Waals surface area contributed by atoms with E-state index in [0.717, 1.165) is 33.5 Å². The number of fused-ring (bicyclic) bond motifs is 1. The largest absolute Gasteiger partial charge is 0.481 e. The van der Waals surface area contributed by atoms with E-state index in [1.807, 2.05) is 67.6 Å². The zero-order chi connectivity index (χ0) is 21.6. The number of carbonyl (C=O) groups is 1. The molecule has 4 heteroatoms. The van der Waals surface area contributed by atoms with Crippen LogP contribution in [0.3, 0.4) is 0 Å². The second-order valence-electron chi connectivity index (χ2n) is 7.48. The van der Waals surface area contributed by atoms with Crippen LogP contribution < -0.4 is 0 Å². The molecule has 4 aromatic carbocycles. The van der Waals surface area contributed by atoms with Crippen molar-refractivity contribution in [2.45, 2.75) is 20.0 Å². The molecule has 0 aliphatic heterocycles. The Morgan fingerprint density at radius 3 is 2.35 bits per heavy atom. The number of rotatable bonds is 7. The topological polar surface area (TPSA) is 58.9 Å². The van der Waals surface area contributed by atoms with Gasteiger partial charge in [0.1, 0.15) is 6.61 Å². The summed E-state index contributed by atoms with van der Waals surface area (Å²) >= 11 is 0. The fourth-order valence-corrected chi connectivity index (χ4v) is 3.52. The van der Waals surface area contributed by atoms with Crippen LogP contribution in [-0.2, 0) is 22.7 Å². The zero-order valence-electron chi connectivity index (χ0n) is 17.3. The molecule has 0 unspecified atom stereocenters. The third-order valence-corrected chi connectivity index (χ3v) is 5.16. The maximum atomic E-state index is 10.9. The van der Waals surface area contributed by atoms with Crippen LogP contribution in [0.15, 0.2) is 96.2 Å². The average Bonchev–Trinajstić information content (AvgIpc) is 2.79. The Balaban J connectivity index is 1.42.